The third-order valence-electron chi connectivity index (χ3n) is 2.94. The lowest BCUT2D eigenvalue weighted by Crippen LogP contribution is -2.42. The van der Waals surface area contributed by atoms with Crippen molar-refractivity contribution in [1.82, 2.24) is 9.80 Å². The first-order chi connectivity index (χ1) is 8.08. The molecule has 0 bridgehead atoms. The number of hydrogen-bond acceptors (Lipinski definition) is 4. The first-order valence-corrected chi connectivity index (χ1v) is 6.23. The molecule has 100 valence electrons. The summed E-state index contributed by atoms with van der Waals surface area (Å²) >= 11 is 0. The first kappa shape index (κ1) is 14.4. The van der Waals surface area contributed by atoms with Crippen molar-refractivity contribution in [2.24, 2.45) is 0 Å². The highest BCUT2D eigenvalue weighted by atomic mass is 16.5. The lowest BCUT2D eigenvalue weighted by Gasteiger charge is -2.25. The van der Waals surface area contributed by atoms with E-state index in [0.717, 1.165) is 19.4 Å². The smallest absolute Gasteiger partial charge is 0.236 e. The van der Waals surface area contributed by atoms with Gasteiger partial charge in [-0.25, -0.2) is 0 Å². The zero-order valence-electron chi connectivity index (χ0n) is 11.1. The van der Waals surface area contributed by atoms with Crippen molar-refractivity contribution in [2.75, 3.05) is 40.4 Å². The van der Waals surface area contributed by atoms with Crippen LogP contribution in [0, 0.1) is 0 Å². The van der Waals surface area contributed by atoms with Gasteiger partial charge < -0.3 is 14.7 Å². The highest BCUT2D eigenvalue weighted by Crippen LogP contribution is 2.26. The van der Waals surface area contributed by atoms with Crippen molar-refractivity contribution < 1.29 is 14.6 Å². The largest absolute Gasteiger partial charge is 0.389 e. The molecule has 0 aliphatic heterocycles. The summed E-state index contributed by atoms with van der Waals surface area (Å²) in [5, 5.41) is 9.56. The van der Waals surface area contributed by atoms with Crippen molar-refractivity contribution in [3.63, 3.8) is 0 Å². The molecule has 1 rings (SSSR count). The maximum absolute atomic E-state index is 12.0. The topological polar surface area (TPSA) is 53.0 Å². The van der Waals surface area contributed by atoms with Gasteiger partial charge in [-0.1, -0.05) is 0 Å². The van der Waals surface area contributed by atoms with E-state index in [9.17, 15) is 9.90 Å². The molecule has 0 radical (unpaired) electrons. The summed E-state index contributed by atoms with van der Waals surface area (Å²) in [6.45, 7) is 3.92. The lowest BCUT2D eigenvalue weighted by molar-refractivity contribution is -0.132. The van der Waals surface area contributed by atoms with Crippen LogP contribution in [0.25, 0.3) is 0 Å². The minimum atomic E-state index is -0.534. The van der Waals surface area contributed by atoms with Gasteiger partial charge in [-0.15, -0.1) is 0 Å². The standard InChI is InChI=1S/C12H24N2O3/c1-4-14(10-5-6-10)12(16)8-13(2)7-11(15)9-17-3/h10-11,15H,4-9H2,1-3H3. The summed E-state index contributed by atoms with van der Waals surface area (Å²) in [5.41, 5.74) is 0. The number of carbonyl (C=O) groups excluding carboxylic acids is 1. The summed E-state index contributed by atoms with van der Waals surface area (Å²) < 4.78 is 4.85. The second-order valence-corrected chi connectivity index (χ2v) is 4.72. The van der Waals surface area contributed by atoms with E-state index in [-0.39, 0.29) is 5.91 Å². The van der Waals surface area contributed by atoms with E-state index in [2.05, 4.69) is 0 Å². The van der Waals surface area contributed by atoms with Gasteiger partial charge in [0.15, 0.2) is 0 Å². The van der Waals surface area contributed by atoms with Crippen LogP contribution in [0.15, 0.2) is 0 Å². The molecule has 5 heteroatoms. The maximum atomic E-state index is 12.0. The van der Waals surface area contributed by atoms with Crippen LogP contribution in [0.4, 0.5) is 0 Å². The lowest BCUT2D eigenvalue weighted by atomic mass is 10.3. The van der Waals surface area contributed by atoms with Gasteiger partial charge in [-0.2, -0.15) is 0 Å². The number of aliphatic hydroxyl groups is 1. The Kier molecular flexibility index (Phi) is 5.88. The molecular weight excluding hydrogens is 220 g/mol. The van der Waals surface area contributed by atoms with E-state index in [1.165, 1.54) is 0 Å². The Morgan fingerprint density at radius 2 is 2.18 bits per heavy atom. The Labute approximate surface area is 103 Å². The molecule has 1 N–H and O–H groups in total. The molecule has 0 aromatic heterocycles. The molecule has 1 amide bonds. The van der Waals surface area contributed by atoms with Crippen molar-refractivity contribution in [3.05, 3.63) is 0 Å². The second kappa shape index (κ2) is 6.93. The molecule has 0 saturated heterocycles. The average molecular weight is 244 g/mol. The fourth-order valence-electron chi connectivity index (χ4n) is 2.02. The summed E-state index contributed by atoms with van der Waals surface area (Å²) in [5.74, 6) is 0.155. The van der Waals surface area contributed by atoms with Crippen LogP contribution in [0.2, 0.25) is 0 Å². The quantitative estimate of drug-likeness (QED) is 0.650. The summed E-state index contributed by atoms with van der Waals surface area (Å²) in [6.07, 6.45) is 1.74. The van der Waals surface area contributed by atoms with Crippen molar-refractivity contribution in [3.8, 4) is 0 Å². The fourth-order valence-corrected chi connectivity index (χ4v) is 2.02. The third-order valence-corrected chi connectivity index (χ3v) is 2.94. The van der Waals surface area contributed by atoms with E-state index in [1.807, 2.05) is 23.8 Å². The third kappa shape index (κ3) is 5.02. The molecule has 0 aromatic rings. The van der Waals surface area contributed by atoms with Crippen LogP contribution in [0.5, 0.6) is 0 Å². The number of likely N-dealkylation sites (N-methyl/N-ethyl adjacent to an activating group) is 2. The van der Waals surface area contributed by atoms with E-state index in [0.29, 0.717) is 25.7 Å². The van der Waals surface area contributed by atoms with Crippen molar-refractivity contribution in [2.45, 2.75) is 31.9 Å². The predicted octanol–water partition coefficient (Wildman–Crippen LogP) is -0.0636. The highest BCUT2D eigenvalue weighted by molar-refractivity contribution is 5.78. The van der Waals surface area contributed by atoms with Gasteiger partial charge in [0.2, 0.25) is 5.91 Å². The zero-order valence-corrected chi connectivity index (χ0v) is 11.1. The predicted molar refractivity (Wildman–Crippen MR) is 65.8 cm³/mol. The molecule has 1 aliphatic rings. The van der Waals surface area contributed by atoms with Gasteiger partial charge >= 0.3 is 0 Å². The molecule has 0 heterocycles. The molecule has 0 spiro atoms. The van der Waals surface area contributed by atoms with Crippen LogP contribution in [-0.4, -0.2) is 73.4 Å². The van der Waals surface area contributed by atoms with E-state index in [4.69, 9.17) is 4.74 Å². The summed E-state index contributed by atoms with van der Waals surface area (Å²) in [6, 6.07) is 0.463. The normalized spacial score (nSPS) is 17.2. The molecule has 0 aromatic carbocycles. The monoisotopic (exact) mass is 244 g/mol. The zero-order chi connectivity index (χ0) is 12.8. The van der Waals surface area contributed by atoms with Gasteiger partial charge in [0, 0.05) is 26.2 Å². The Balaban J connectivity index is 2.28. The Morgan fingerprint density at radius 3 is 2.65 bits per heavy atom. The molecule has 1 atom stereocenters. The molecule has 1 fully saturated rings. The number of rotatable bonds is 8. The minimum absolute atomic E-state index is 0.155. The SMILES string of the molecule is CCN(C(=O)CN(C)CC(O)COC)C1CC1. The maximum Gasteiger partial charge on any atom is 0.236 e. The minimum Gasteiger partial charge on any atom is -0.389 e. The van der Waals surface area contributed by atoms with Crippen molar-refractivity contribution >= 4 is 5.91 Å². The molecule has 1 aliphatic carbocycles. The van der Waals surface area contributed by atoms with Gasteiger partial charge in [0.1, 0.15) is 0 Å². The van der Waals surface area contributed by atoms with E-state index >= 15 is 0 Å². The van der Waals surface area contributed by atoms with E-state index < -0.39 is 6.10 Å². The van der Waals surface area contributed by atoms with E-state index in [1.54, 1.807) is 7.11 Å². The molecular formula is C12H24N2O3. The molecule has 5 nitrogen and oxygen atoms in total. The van der Waals surface area contributed by atoms with Crippen LogP contribution in [-0.2, 0) is 9.53 Å². The molecule has 1 saturated carbocycles. The first-order valence-electron chi connectivity index (χ1n) is 6.23. The van der Waals surface area contributed by atoms with Crippen LogP contribution in [0.1, 0.15) is 19.8 Å². The fraction of sp³-hybridized carbons (Fsp3) is 0.917. The van der Waals surface area contributed by atoms with Crippen LogP contribution in [0.3, 0.4) is 0 Å². The van der Waals surface area contributed by atoms with Gasteiger partial charge in [0.25, 0.3) is 0 Å². The Bertz CT molecular complexity index is 244. The number of carbonyl (C=O) groups is 1. The van der Waals surface area contributed by atoms with Gasteiger partial charge in [-0.3, -0.25) is 9.69 Å². The number of methoxy groups -OCH3 is 1. The van der Waals surface area contributed by atoms with Gasteiger partial charge in [0.05, 0.1) is 19.3 Å². The number of nitrogens with zero attached hydrogens (tertiary/aromatic N) is 2. The number of hydrogen-bond donors (Lipinski definition) is 1. The van der Waals surface area contributed by atoms with Crippen LogP contribution >= 0.6 is 0 Å². The van der Waals surface area contributed by atoms with Crippen molar-refractivity contribution in [1.29, 1.82) is 0 Å². The van der Waals surface area contributed by atoms with Crippen LogP contribution < -0.4 is 0 Å². The Morgan fingerprint density at radius 1 is 1.53 bits per heavy atom. The average Bonchev–Trinajstić information content (AvgIpc) is 3.02. The number of aliphatic hydroxyl groups excluding tert-OH is 1. The Hall–Kier alpha value is -0.650. The van der Waals surface area contributed by atoms with Gasteiger partial charge in [-0.05, 0) is 26.8 Å². The number of ether oxygens (including phenoxy) is 1. The summed E-state index contributed by atoms with van der Waals surface area (Å²) in [4.78, 5) is 15.8. The molecule has 1 unspecified atom stereocenters. The highest BCUT2D eigenvalue weighted by Gasteiger charge is 2.31. The number of amides is 1. The molecule has 17 heavy (non-hydrogen) atoms. The second-order valence-electron chi connectivity index (χ2n) is 4.72. The summed E-state index contributed by atoms with van der Waals surface area (Å²) in [7, 11) is 3.40.